The monoisotopic (exact) mass is 349 g/mol. The zero-order chi connectivity index (χ0) is 17.6. The molecule has 0 radical (unpaired) electrons. The van der Waals surface area contributed by atoms with Crippen molar-refractivity contribution in [1.29, 1.82) is 0 Å². The number of anilines is 1. The standard InChI is InChI=1S/C18H23NO4S/c1-4-14-7-9-15(10-8-14)19-24(20,21)16-11-12-17(22-5-2)18(13-16)23-6-3/h7-13,19H,4-6H2,1-3H3. The summed E-state index contributed by atoms with van der Waals surface area (Å²) < 4.78 is 38.7. The van der Waals surface area contributed by atoms with E-state index in [9.17, 15) is 8.42 Å². The van der Waals surface area contributed by atoms with Gasteiger partial charge in [0, 0.05) is 11.8 Å². The third-order valence-electron chi connectivity index (χ3n) is 3.44. The number of nitrogens with one attached hydrogen (secondary N) is 1. The van der Waals surface area contributed by atoms with Gasteiger partial charge in [-0.15, -0.1) is 0 Å². The van der Waals surface area contributed by atoms with Crippen molar-refractivity contribution >= 4 is 15.7 Å². The lowest BCUT2D eigenvalue weighted by molar-refractivity contribution is 0.287. The number of hydrogen-bond acceptors (Lipinski definition) is 4. The second-order valence-corrected chi connectivity index (χ2v) is 6.81. The molecule has 6 heteroatoms. The van der Waals surface area contributed by atoms with Gasteiger partial charge in [-0.2, -0.15) is 0 Å². The second kappa shape index (κ2) is 8.06. The number of aryl methyl sites for hydroxylation is 1. The summed E-state index contributed by atoms with van der Waals surface area (Å²) >= 11 is 0. The maximum atomic E-state index is 12.6. The molecule has 0 aliphatic carbocycles. The topological polar surface area (TPSA) is 64.6 Å². The molecule has 0 aliphatic heterocycles. The van der Waals surface area contributed by atoms with Crippen LogP contribution in [0.1, 0.15) is 26.3 Å². The number of rotatable bonds is 8. The molecule has 0 spiro atoms. The highest BCUT2D eigenvalue weighted by atomic mass is 32.2. The zero-order valence-electron chi connectivity index (χ0n) is 14.2. The van der Waals surface area contributed by atoms with E-state index >= 15 is 0 Å². The first-order valence-electron chi connectivity index (χ1n) is 8.01. The number of hydrogen-bond donors (Lipinski definition) is 1. The molecule has 0 fully saturated rings. The van der Waals surface area contributed by atoms with Gasteiger partial charge in [0.1, 0.15) is 0 Å². The molecule has 0 heterocycles. The molecule has 0 unspecified atom stereocenters. The van der Waals surface area contributed by atoms with Gasteiger partial charge in [-0.3, -0.25) is 4.72 Å². The fraction of sp³-hybridized carbons (Fsp3) is 0.333. The van der Waals surface area contributed by atoms with Crippen molar-refractivity contribution in [2.45, 2.75) is 32.1 Å². The molecule has 0 aliphatic rings. The normalized spacial score (nSPS) is 11.1. The van der Waals surface area contributed by atoms with Crippen LogP contribution in [0.2, 0.25) is 0 Å². The molecule has 0 saturated carbocycles. The Morgan fingerprint density at radius 1 is 0.875 bits per heavy atom. The number of benzene rings is 2. The Hall–Kier alpha value is -2.21. The Labute approximate surface area is 143 Å². The van der Waals surface area contributed by atoms with Crippen LogP contribution in [-0.2, 0) is 16.4 Å². The van der Waals surface area contributed by atoms with Gasteiger partial charge >= 0.3 is 0 Å². The average molecular weight is 349 g/mol. The largest absolute Gasteiger partial charge is 0.490 e. The van der Waals surface area contributed by atoms with Gasteiger partial charge in [0.25, 0.3) is 10.0 Å². The van der Waals surface area contributed by atoms with Crippen molar-refractivity contribution in [2.24, 2.45) is 0 Å². The van der Waals surface area contributed by atoms with E-state index in [4.69, 9.17) is 9.47 Å². The molecule has 5 nitrogen and oxygen atoms in total. The van der Waals surface area contributed by atoms with Gasteiger partial charge in [0.2, 0.25) is 0 Å². The van der Waals surface area contributed by atoms with Crippen molar-refractivity contribution < 1.29 is 17.9 Å². The smallest absolute Gasteiger partial charge is 0.262 e. The summed E-state index contributed by atoms with van der Waals surface area (Å²) in [6.07, 6.45) is 0.906. The minimum atomic E-state index is -3.69. The molecule has 1 N–H and O–H groups in total. The van der Waals surface area contributed by atoms with Gasteiger partial charge in [-0.05, 0) is 50.1 Å². The summed E-state index contributed by atoms with van der Waals surface area (Å²) in [6.45, 7) is 6.66. The SMILES string of the molecule is CCOc1ccc(S(=O)(=O)Nc2ccc(CC)cc2)cc1OCC. The highest BCUT2D eigenvalue weighted by Crippen LogP contribution is 2.31. The highest BCUT2D eigenvalue weighted by Gasteiger charge is 2.17. The molecule has 0 aromatic heterocycles. The summed E-state index contributed by atoms with van der Waals surface area (Å²) in [6, 6.07) is 11.9. The van der Waals surface area contributed by atoms with Crippen LogP contribution in [0.3, 0.4) is 0 Å². The van der Waals surface area contributed by atoms with Crippen molar-refractivity contribution in [3.8, 4) is 11.5 Å². The molecule has 130 valence electrons. The molecular weight excluding hydrogens is 326 g/mol. The Bertz CT molecular complexity index is 770. The Balaban J connectivity index is 2.28. The molecule has 0 amide bonds. The van der Waals surface area contributed by atoms with E-state index in [2.05, 4.69) is 4.72 Å². The summed E-state index contributed by atoms with van der Waals surface area (Å²) in [5.41, 5.74) is 1.68. The summed E-state index contributed by atoms with van der Waals surface area (Å²) in [5.74, 6) is 0.953. The van der Waals surface area contributed by atoms with E-state index in [1.54, 1.807) is 18.2 Å². The van der Waals surface area contributed by atoms with Crippen molar-refractivity contribution in [3.05, 3.63) is 48.0 Å². The highest BCUT2D eigenvalue weighted by molar-refractivity contribution is 7.92. The van der Waals surface area contributed by atoms with Crippen LogP contribution in [0.5, 0.6) is 11.5 Å². The van der Waals surface area contributed by atoms with Gasteiger partial charge in [-0.1, -0.05) is 19.1 Å². The molecule has 0 atom stereocenters. The Morgan fingerprint density at radius 3 is 2.08 bits per heavy atom. The molecule has 24 heavy (non-hydrogen) atoms. The van der Waals surface area contributed by atoms with Crippen LogP contribution < -0.4 is 14.2 Å². The zero-order valence-corrected chi connectivity index (χ0v) is 15.0. The van der Waals surface area contributed by atoms with Crippen molar-refractivity contribution in [1.82, 2.24) is 0 Å². The van der Waals surface area contributed by atoms with E-state index < -0.39 is 10.0 Å². The second-order valence-electron chi connectivity index (χ2n) is 5.13. The van der Waals surface area contributed by atoms with Crippen LogP contribution in [0.15, 0.2) is 47.4 Å². The molecule has 0 bridgehead atoms. The van der Waals surface area contributed by atoms with Gasteiger partial charge in [0.15, 0.2) is 11.5 Å². The molecule has 2 aromatic carbocycles. The van der Waals surface area contributed by atoms with Gasteiger partial charge in [0.05, 0.1) is 18.1 Å². The summed E-state index contributed by atoms with van der Waals surface area (Å²) in [7, 11) is -3.69. The predicted octanol–water partition coefficient (Wildman–Crippen LogP) is 3.85. The first-order valence-corrected chi connectivity index (χ1v) is 9.49. The summed E-state index contributed by atoms with van der Waals surface area (Å²) in [4.78, 5) is 0.133. The fourth-order valence-electron chi connectivity index (χ4n) is 2.22. The minimum absolute atomic E-state index is 0.133. The third-order valence-corrected chi connectivity index (χ3v) is 4.82. The number of sulfonamides is 1. The lowest BCUT2D eigenvalue weighted by Gasteiger charge is -2.13. The fourth-order valence-corrected chi connectivity index (χ4v) is 3.29. The van der Waals surface area contributed by atoms with Gasteiger partial charge < -0.3 is 9.47 Å². The van der Waals surface area contributed by atoms with Crippen molar-refractivity contribution in [3.63, 3.8) is 0 Å². The lowest BCUT2D eigenvalue weighted by Crippen LogP contribution is -2.13. The third kappa shape index (κ3) is 4.41. The summed E-state index contributed by atoms with van der Waals surface area (Å²) in [5, 5.41) is 0. The van der Waals surface area contributed by atoms with Gasteiger partial charge in [-0.25, -0.2) is 8.42 Å². The van der Waals surface area contributed by atoms with Crippen LogP contribution >= 0.6 is 0 Å². The first-order chi connectivity index (χ1) is 11.5. The maximum Gasteiger partial charge on any atom is 0.262 e. The first kappa shape index (κ1) is 18.1. The number of ether oxygens (including phenoxy) is 2. The van der Waals surface area contributed by atoms with Crippen LogP contribution in [-0.4, -0.2) is 21.6 Å². The molecular formula is C18H23NO4S. The van der Waals surface area contributed by atoms with E-state index in [0.717, 1.165) is 12.0 Å². The predicted molar refractivity (Wildman–Crippen MR) is 95.4 cm³/mol. The van der Waals surface area contributed by atoms with E-state index in [0.29, 0.717) is 30.4 Å². The molecule has 2 rings (SSSR count). The van der Waals surface area contributed by atoms with E-state index in [1.807, 2.05) is 32.9 Å². The van der Waals surface area contributed by atoms with Crippen LogP contribution in [0, 0.1) is 0 Å². The van der Waals surface area contributed by atoms with Crippen molar-refractivity contribution in [2.75, 3.05) is 17.9 Å². The minimum Gasteiger partial charge on any atom is -0.490 e. The molecule has 2 aromatic rings. The van der Waals surface area contributed by atoms with E-state index in [1.165, 1.54) is 12.1 Å². The lowest BCUT2D eigenvalue weighted by atomic mass is 10.2. The maximum absolute atomic E-state index is 12.6. The molecule has 0 saturated heterocycles. The Kier molecular flexibility index (Phi) is 6.09. The van der Waals surface area contributed by atoms with E-state index in [-0.39, 0.29) is 4.90 Å². The quantitative estimate of drug-likeness (QED) is 0.786. The average Bonchev–Trinajstić information content (AvgIpc) is 2.57. The Morgan fingerprint density at radius 2 is 1.50 bits per heavy atom. The van der Waals surface area contributed by atoms with Crippen LogP contribution in [0.25, 0.3) is 0 Å². The van der Waals surface area contributed by atoms with Crippen LogP contribution in [0.4, 0.5) is 5.69 Å².